The fourth-order valence-corrected chi connectivity index (χ4v) is 1.53. The van der Waals surface area contributed by atoms with E-state index >= 15 is 0 Å². The topological polar surface area (TPSA) is 40.9 Å². The number of carbonyl (C=O) groups is 1. The Morgan fingerprint density at radius 3 is 2.40 bits per heavy atom. The van der Waals surface area contributed by atoms with E-state index < -0.39 is 5.92 Å². The zero-order valence-corrected chi connectivity index (χ0v) is 9.32. The first-order valence-corrected chi connectivity index (χ1v) is 5.06. The number of aryl methyl sites for hydroxylation is 1. The second-order valence-corrected chi connectivity index (χ2v) is 3.98. The maximum atomic E-state index is 11.8. The third-order valence-corrected chi connectivity index (χ3v) is 2.48. The number of carbonyl (C=O) groups excluding carboxylic acids is 1. The molecule has 0 spiro atoms. The summed E-state index contributed by atoms with van der Waals surface area (Å²) < 4.78 is 0. The van der Waals surface area contributed by atoms with Crippen molar-refractivity contribution in [3.63, 3.8) is 0 Å². The summed E-state index contributed by atoms with van der Waals surface area (Å²) in [5.41, 5.74) is 1.83. The van der Waals surface area contributed by atoms with Gasteiger partial charge in [-0.05, 0) is 18.1 Å². The van der Waals surface area contributed by atoms with Gasteiger partial charge in [-0.1, -0.05) is 38.1 Å². The number of hydrogen-bond acceptors (Lipinski definition) is 2. The van der Waals surface area contributed by atoms with Crippen LogP contribution < -0.4 is 0 Å². The van der Waals surface area contributed by atoms with Crippen LogP contribution in [0.4, 0.5) is 0 Å². The summed E-state index contributed by atoms with van der Waals surface area (Å²) in [5.74, 6) is -0.729. The number of Topliss-reactive ketones (excluding diaryl/α,β-unsaturated/α-hetero) is 1. The van der Waals surface area contributed by atoms with E-state index in [2.05, 4.69) is 6.07 Å². The Labute approximate surface area is 90.5 Å². The average Bonchev–Trinajstić information content (AvgIpc) is 2.21. The zero-order chi connectivity index (χ0) is 11.4. The molecule has 0 N–H and O–H groups in total. The fraction of sp³-hybridized carbons (Fsp3) is 0.385. The van der Waals surface area contributed by atoms with E-state index in [9.17, 15) is 4.79 Å². The Kier molecular flexibility index (Phi) is 3.62. The van der Waals surface area contributed by atoms with E-state index in [1.54, 1.807) is 0 Å². The van der Waals surface area contributed by atoms with Gasteiger partial charge in [-0.2, -0.15) is 5.26 Å². The molecule has 0 bridgehead atoms. The first-order chi connectivity index (χ1) is 7.07. The van der Waals surface area contributed by atoms with Crippen molar-refractivity contribution < 1.29 is 4.79 Å². The third-order valence-electron chi connectivity index (χ3n) is 2.48. The SMILES string of the molecule is Cc1ccccc1[C@H](C#N)C(=O)C(C)C. The Morgan fingerprint density at radius 2 is 1.93 bits per heavy atom. The summed E-state index contributed by atoms with van der Waals surface area (Å²) in [7, 11) is 0. The molecule has 15 heavy (non-hydrogen) atoms. The molecule has 0 saturated carbocycles. The predicted molar refractivity (Wildman–Crippen MR) is 59.4 cm³/mol. The van der Waals surface area contributed by atoms with Crippen LogP contribution in [0.25, 0.3) is 0 Å². The highest BCUT2D eigenvalue weighted by Crippen LogP contribution is 2.22. The average molecular weight is 201 g/mol. The highest BCUT2D eigenvalue weighted by molar-refractivity contribution is 5.90. The molecule has 1 aromatic rings. The molecule has 2 heteroatoms. The van der Waals surface area contributed by atoms with Crippen LogP contribution in [0.3, 0.4) is 0 Å². The molecule has 0 aliphatic rings. The Morgan fingerprint density at radius 1 is 1.33 bits per heavy atom. The van der Waals surface area contributed by atoms with Gasteiger partial charge in [-0.3, -0.25) is 4.79 Å². The molecule has 2 nitrogen and oxygen atoms in total. The lowest BCUT2D eigenvalue weighted by molar-refractivity contribution is -0.122. The molecule has 0 aliphatic carbocycles. The van der Waals surface area contributed by atoms with Crippen molar-refractivity contribution in [3.05, 3.63) is 35.4 Å². The monoisotopic (exact) mass is 201 g/mol. The van der Waals surface area contributed by atoms with Crippen molar-refractivity contribution >= 4 is 5.78 Å². The van der Waals surface area contributed by atoms with Crippen LogP contribution >= 0.6 is 0 Å². The molecule has 1 rings (SSSR count). The van der Waals surface area contributed by atoms with E-state index in [1.165, 1.54) is 0 Å². The standard InChI is InChI=1S/C13H15NO/c1-9(2)13(15)12(8-14)11-7-5-4-6-10(11)3/h4-7,9,12H,1-3H3/t12-/m0/s1. The zero-order valence-electron chi connectivity index (χ0n) is 9.32. The molecule has 0 aromatic heterocycles. The Hall–Kier alpha value is -1.62. The molecule has 0 amide bonds. The van der Waals surface area contributed by atoms with Gasteiger partial charge in [0, 0.05) is 5.92 Å². The minimum atomic E-state index is -0.619. The Balaban J connectivity index is 3.10. The van der Waals surface area contributed by atoms with Crippen molar-refractivity contribution in [1.29, 1.82) is 5.26 Å². The maximum Gasteiger partial charge on any atom is 0.156 e. The van der Waals surface area contributed by atoms with Crippen LogP contribution in [-0.2, 0) is 4.79 Å². The van der Waals surface area contributed by atoms with Gasteiger partial charge in [0.2, 0.25) is 0 Å². The lowest BCUT2D eigenvalue weighted by atomic mass is 9.88. The van der Waals surface area contributed by atoms with Crippen LogP contribution in [0.5, 0.6) is 0 Å². The molecule has 78 valence electrons. The second kappa shape index (κ2) is 4.75. The highest BCUT2D eigenvalue weighted by atomic mass is 16.1. The quantitative estimate of drug-likeness (QED) is 0.754. The summed E-state index contributed by atoms with van der Waals surface area (Å²) in [4.78, 5) is 11.8. The molecule has 0 aliphatic heterocycles. The number of benzene rings is 1. The van der Waals surface area contributed by atoms with Gasteiger partial charge in [0.1, 0.15) is 5.92 Å². The molecular formula is C13H15NO. The van der Waals surface area contributed by atoms with Gasteiger partial charge in [-0.15, -0.1) is 0 Å². The minimum Gasteiger partial charge on any atom is -0.298 e. The minimum absolute atomic E-state index is 0.00759. The largest absolute Gasteiger partial charge is 0.298 e. The van der Waals surface area contributed by atoms with Crippen LogP contribution in [0.15, 0.2) is 24.3 Å². The maximum absolute atomic E-state index is 11.8. The second-order valence-electron chi connectivity index (χ2n) is 3.98. The van der Waals surface area contributed by atoms with Crippen molar-refractivity contribution in [2.45, 2.75) is 26.7 Å². The van der Waals surface area contributed by atoms with E-state index in [0.717, 1.165) is 11.1 Å². The molecule has 1 aromatic carbocycles. The van der Waals surface area contributed by atoms with E-state index in [1.807, 2.05) is 45.0 Å². The van der Waals surface area contributed by atoms with Crippen molar-refractivity contribution in [3.8, 4) is 6.07 Å². The van der Waals surface area contributed by atoms with Crippen molar-refractivity contribution in [1.82, 2.24) is 0 Å². The molecule has 0 unspecified atom stereocenters. The molecule has 0 heterocycles. The summed E-state index contributed by atoms with van der Waals surface area (Å²) in [6.07, 6.45) is 0. The van der Waals surface area contributed by atoms with E-state index in [-0.39, 0.29) is 11.7 Å². The van der Waals surface area contributed by atoms with Gasteiger partial charge in [0.25, 0.3) is 0 Å². The lowest BCUT2D eigenvalue weighted by Crippen LogP contribution is -2.17. The fourth-order valence-electron chi connectivity index (χ4n) is 1.53. The first-order valence-electron chi connectivity index (χ1n) is 5.06. The van der Waals surface area contributed by atoms with Crippen molar-refractivity contribution in [2.75, 3.05) is 0 Å². The third kappa shape index (κ3) is 2.44. The van der Waals surface area contributed by atoms with E-state index in [4.69, 9.17) is 5.26 Å². The van der Waals surface area contributed by atoms with Crippen LogP contribution in [-0.4, -0.2) is 5.78 Å². The predicted octanol–water partition coefficient (Wildman–Crippen LogP) is 2.83. The Bertz CT molecular complexity index is 401. The number of nitrogens with zero attached hydrogens (tertiary/aromatic N) is 1. The van der Waals surface area contributed by atoms with Gasteiger partial charge in [0.05, 0.1) is 6.07 Å². The first kappa shape index (κ1) is 11.5. The summed E-state index contributed by atoms with van der Waals surface area (Å²) >= 11 is 0. The summed E-state index contributed by atoms with van der Waals surface area (Å²) in [6, 6.07) is 9.64. The number of hydrogen-bond donors (Lipinski definition) is 0. The molecular weight excluding hydrogens is 186 g/mol. The van der Waals surface area contributed by atoms with Crippen LogP contribution in [0.2, 0.25) is 0 Å². The molecule has 0 fully saturated rings. The van der Waals surface area contributed by atoms with Gasteiger partial charge < -0.3 is 0 Å². The van der Waals surface area contributed by atoms with E-state index in [0.29, 0.717) is 0 Å². The van der Waals surface area contributed by atoms with Crippen LogP contribution in [0.1, 0.15) is 30.9 Å². The number of ketones is 1. The number of rotatable bonds is 3. The molecule has 0 saturated heterocycles. The van der Waals surface area contributed by atoms with Crippen molar-refractivity contribution in [2.24, 2.45) is 5.92 Å². The van der Waals surface area contributed by atoms with Gasteiger partial charge >= 0.3 is 0 Å². The normalized spacial score (nSPS) is 12.2. The summed E-state index contributed by atoms with van der Waals surface area (Å²) in [5, 5.41) is 9.05. The highest BCUT2D eigenvalue weighted by Gasteiger charge is 2.23. The lowest BCUT2D eigenvalue weighted by Gasteiger charge is -2.13. The number of nitriles is 1. The van der Waals surface area contributed by atoms with Gasteiger partial charge in [-0.25, -0.2) is 0 Å². The van der Waals surface area contributed by atoms with Gasteiger partial charge in [0.15, 0.2) is 5.78 Å². The molecule has 0 radical (unpaired) electrons. The van der Waals surface area contributed by atoms with Crippen LogP contribution in [0, 0.1) is 24.2 Å². The summed E-state index contributed by atoms with van der Waals surface area (Å²) in [6.45, 7) is 5.57. The smallest absolute Gasteiger partial charge is 0.156 e. The molecule has 1 atom stereocenters.